The maximum atomic E-state index is 12.5. The van der Waals surface area contributed by atoms with Crippen molar-refractivity contribution in [2.24, 2.45) is 0 Å². The van der Waals surface area contributed by atoms with Gasteiger partial charge in [0, 0.05) is 17.8 Å². The topological polar surface area (TPSA) is 48.1 Å². The second kappa shape index (κ2) is 4.79. The lowest BCUT2D eigenvalue weighted by atomic mass is 10.0. The highest BCUT2D eigenvalue weighted by atomic mass is 19.4. The summed E-state index contributed by atoms with van der Waals surface area (Å²) in [6.07, 6.45) is -2.88. The predicted octanol–water partition coefficient (Wildman–Crippen LogP) is 3.36. The van der Waals surface area contributed by atoms with Crippen molar-refractivity contribution in [3.05, 3.63) is 42.1 Å². The van der Waals surface area contributed by atoms with E-state index < -0.39 is 11.7 Å². The van der Waals surface area contributed by atoms with Crippen LogP contribution >= 0.6 is 0 Å². The summed E-state index contributed by atoms with van der Waals surface area (Å²) in [4.78, 5) is 3.91. The quantitative estimate of drug-likeness (QED) is 0.908. The van der Waals surface area contributed by atoms with Gasteiger partial charge in [-0.3, -0.25) is 0 Å². The summed E-state index contributed by atoms with van der Waals surface area (Å²) >= 11 is 0. The van der Waals surface area contributed by atoms with E-state index in [2.05, 4.69) is 4.98 Å². The molecule has 2 aromatic rings. The Bertz CT molecular complexity index is 579. The van der Waals surface area contributed by atoms with Crippen LogP contribution in [0.1, 0.15) is 5.56 Å². The molecule has 19 heavy (non-hydrogen) atoms. The van der Waals surface area contributed by atoms with Crippen LogP contribution in [0.4, 0.5) is 19.0 Å². The molecule has 0 aliphatic rings. The number of anilines is 1. The number of alkyl halides is 3. The molecule has 0 unspecified atom stereocenters. The molecule has 0 aliphatic heterocycles. The van der Waals surface area contributed by atoms with Gasteiger partial charge >= 0.3 is 6.18 Å². The van der Waals surface area contributed by atoms with Gasteiger partial charge in [-0.1, -0.05) is 12.1 Å². The molecule has 3 nitrogen and oxygen atoms in total. The van der Waals surface area contributed by atoms with Crippen LogP contribution in [0.15, 0.2) is 36.5 Å². The molecule has 2 N–H and O–H groups in total. The van der Waals surface area contributed by atoms with E-state index in [1.165, 1.54) is 31.5 Å². The fourth-order valence-corrected chi connectivity index (χ4v) is 1.68. The van der Waals surface area contributed by atoms with Gasteiger partial charge in [-0.05, 0) is 17.7 Å². The van der Waals surface area contributed by atoms with E-state index in [9.17, 15) is 13.2 Å². The van der Waals surface area contributed by atoms with Gasteiger partial charge in [0.15, 0.2) is 0 Å². The van der Waals surface area contributed by atoms with Crippen molar-refractivity contribution in [3.63, 3.8) is 0 Å². The van der Waals surface area contributed by atoms with E-state index in [4.69, 9.17) is 10.5 Å². The Morgan fingerprint density at radius 1 is 1.16 bits per heavy atom. The number of hydrogen-bond donors (Lipinski definition) is 1. The van der Waals surface area contributed by atoms with Gasteiger partial charge in [-0.15, -0.1) is 0 Å². The smallest absolute Gasteiger partial charge is 0.416 e. The SMILES string of the molecule is COc1cc(N)ncc1-c1ccc(C(F)(F)F)cc1. The van der Waals surface area contributed by atoms with Crippen LogP contribution in [-0.2, 0) is 6.18 Å². The molecule has 0 spiro atoms. The highest BCUT2D eigenvalue weighted by molar-refractivity contribution is 5.71. The monoisotopic (exact) mass is 268 g/mol. The number of pyridine rings is 1. The van der Waals surface area contributed by atoms with Crippen molar-refractivity contribution in [2.75, 3.05) is 12.8 Å². The molecule has 0 amide bonds. The first kappa shape index (κ1) is 13.2. The number of methoxy groups -OCH3 is 1. The van der Waals surface area contributed by atoms with Gasteiger partial charge in [0.25, 0.3) is 0 Å². The minimum atomic E-state index is -4.35. The molecule has 0 atom stereocenters. The summed E-state index contributed by atoms with van der Waals surface area (Å²) in [5.41, 5.74) is 6.00. The fourth-order valence-electron chi connectivity index (χ4n) is 1.68. The molecule has 1 aromatic carbocycles. The number of halogens is 3. The maximum Gasteiger partial charge on any atom is 0.416 e. The van der Waals surface area contributed by atoms with Crippen LogP contribution < -0.4 is 10.5 Å². The van der Waals surface area contributed by atoms with Gasteiger partial charge in [0.2, 0.25) is 0 Å². The first-order valence-corrected chi connectivity index (χ1v) is 5.39. The third-order valence-corrected chi connectivity index (χ3v) is 2.63. The normalized spacial score (nSPS) is 11.4. The van der Waals surface area contributed by atoms with E-state index in [0.29, 0.717) is 16.9 Å². The lowest BCUT2D eigenvalue weighted by Gasteiger charge is -2.10. The minimum Gasteiger partial charge on any atom is -0.496 e. The number of aromatic nitrogens is 1. The Kier molecular flexibility index (Phi) is 3.33. The van der Waals surface area contributed by atoms with Gasteiger partial charge in [-0.2, -0.15) is 13.2 Å². The minimum absolute atomic E-state index is 0.285. The van der Waals surface area contributed by atoms with Gasteiger partial charge in [0.05, 0.1) is 12.7 Å². The predicted molar refractivity (Wildman–Crippen MR) is 65.6 cm³/mol. The molecule has 0 fully saturated rings. The average molecular weight is 268 g/mol. The lowest BCUT2D eigenvalue weighted by molar-refractivity contribution is -0.137. The molecule has 0 saturated carbocycles. The van der Waals surface area contributed by atoms with Crippen molar-refractivity contribution >= 4 is 5.82 Å². The molecule has 0 aliphatic carbocycles. The molecule has 0 radical (unpaired) electrons. The zero-order valence-electron chi connectivity index (χ0n) is 10.0. The van der Waals surface area contributed by atoms with Crippen molar-refractivity contribution in [1.82, 2.24) is 4.98 Å². The number of nitrogen functional groups attached to an aromatic ring is 1. The molecular formula is C13H11F3N2O. The molecule has 6 heteroatoms. The standard InChI is InChI=1S/C13H11F3N2O/c1-19-11-6-12(17)18-7-10(11)8-2-4-9(5-3-8)13(14,15)16/h2-7H,1H3,(H2,17,18). The Balaban J connectivity index is 2.43. The summed E-state index contributed by atoms with van der Waals surface area (Å²) in [5, 5.41) is 0. The van der Waals surface area contributed by atoms with Crippen LogP contribution in [0.5, 0.6) is 5.75 Å². The number of nitrogens with two attached hydrogens (primary N) is 1. The second-order valence-corrected chi connectivity index (χ2v) is 3.88. The molecule has 100 valence electrons. The van der Waals surface area contributed by atoms with Crippen molar-refractivity contribution in [2.45, 2.75) is 6.18 Å². The molecule has 2 rings (SSSR count). The number of ether oxygens (including phenoxy) is 1. The van der Waals surface area contributed by atoms with E-state index in [1.807, 2.05) is 0 Å². The number of hydrogen-bond acceptors (Lipinski definition) is 3. The number of benzene rings is 1. The summed E-state index contributed by atoms with van der Waals surface area (Å²) in [7, 11) is 1.46. The molecular weight excluding hydrogens is 257 g/mol. The summed E-state index contributed by atoms with van der Waals surface area (Å²) in [6.45, 7) is 0. The largest absolute Gasteiger partial charge is 0.496 e. The Morgan fingerprint density at radius 3 is 2.32 bits per heavy atom. The van der Waals surface area contributed by atoms with E-state index in [1.54, 1.807) is 0 Å². The van der Waals surface area contributed by atoms with Crippen molar-refractivity contribution in [1.29, 1.82) is 0 Å². The summed E-state index contributed by atoms with van der Waals surface area (Å²) in [5.74, 6) is 0.750. The number of rotatable bonds is 2. The first-order valence-electron chi connectivity index (χ1n) is 5.39. The van der Waals surface area contributed by atoms with Gasteiger partial charge < -0.3 is 10.5 Å². The first-order chi connectivity index (χ1) is 8.91. The Hall–Kier alpha value is -2.24. The van der Waals surface area contributed by atoms with Crippen molar-refractivity contribution in [3.8, 4) is 16.9 Å². The molecule has 0 saturated heterocycles. The lowest BCUT2D eigenvalue weighted by Crippen LogP contribution is -2.04. The van der Waals surface area contributed by atoms with Crippen LogP contribution in [0.3, 0.4) is 0 Å². The van der Waals surface area contributed by atoms with E-state index >= 15 is 0 Å². The van der Waals surface area contributed by atoms with Crippen LogP contribution in [-0.4, -0.2) is 12.1 Å². The zero-order valence-corrected chi connectivity index (χ0v) is 10.0. The van der Waals surface area contributed by atoms with Crippen LogP contribution in [0.2, 0.25) is 0 Å². The molecule has 1 heterocycles. The van der Waals surface area contributed by atoms with Crippen LogP contribution in [0, 0.1) is 0 Å². The molecule has 1 aromatic heterocycles. The number of nitrogens with zero attached hydrogens (tertiary/aromatic N) is 1. The third-order valence-electron chi connectivity index (χ3n) is 2.63. The van der Waals surface area contributed by atoms with E-state index in [0.717, 1.165) is 12.1 Å². The van der Waals surface area contributed by atoms with Crippen molar-refractivity contribution < 1.29 is 17.9 Å². The highest BCUT2D eigenvalue weighted by Gasteiger charge is 2.30. The summed E-state index contributed by atoms with van der Waals surface area (Å²) < 4.78 is 42.5. The van der Waals surface area contributed by atoms with Gasteiger partial charge in [-0.25, -0.2) is 4.98 Å². The van der Waals surface area contributed by atoms with E-state index in [-0.39, 0.29) is 5.82 Å². The maximum absolute atomic E-state index is 12.5. The molecule has 0 bridgehead atoms. The average Bonchev–Trinajstić information content (AvgIpc) is 2.37. The third kappa shape index (κ3) is 2.78. The fraction of sp³-hybridized carbons (Fsp3) is 0.154. The second-order valence-electron chi connectivity index (χ2n) is 3.88. The van der Waals surface area contributed by atoms with Crippen LogP contribution in [0.25, 0.3) is 11.1 Å². The highest BCUT2D eigenvalue weighted by Crippen LogP contribution is 2.34. The Labute approximate surface area is 107 Å². The summed E-state index contributed by atoms with van der Waals surface area (Å²) in [6, 6.07) is 6.31. The van der Waals surface area contributed by atoms with Gasteiger partial charge in [0.1, 0.15) is 11.6 Å². The zero-order chi connectivity index (χ0) is 14.0. The Morgan fingerprint density at radius 2 is 1.79 bits per heavy atom.